The van der Waals surface area contributed by atoms with Crippen molar-refractivity contribution in [3.8, 4) is 11.5 Å². The van der Waals surface area contributed by atoms with Crippen LogP contribution in [0.15, 0.2) is 48.5 Å². The lowest BCUT2D eigenvalue weighted by Gasteiger charge is -2.10. The van der Waals surface area contributed by atoms with Crippen molar-refractivity contribution >= 4 is 0 Å². The molecule has 4 rings (SSSR count). The summed E-state index contributed by atoms with van der Waals surface area (Å²) in [6.45, 7) is 2.36. The fraction of sp³-hybridized carbons (Fsp3) is 0.368. The van der Waals surface area contributed by atoms with Crippen LogP contribution in [0.5, 0.6) is 11.5 Å². The van der Waals surface area contributed by atoms with E-state index in [1.807, 2.05) is 6.07 Å². The number of hydrogen-bond donors (Lipinski definition) is 1. The van der Waals surface area contributed by atoms with Crippen LogP contribution in [-0.4, -0.2) is 19.3 Å². The number of benzene rings is 2. The van der Waals surface area contributed by atoms with Crippen LogP contribution in [0.25, 0.3) is 0 Å². The predicted octanol–water partition coefficient (Wildman–Crippen LogP) is 3.49. The Kier molecular flexibility index (Phi) is 3.73. The van der Waals surface area contributed by atoms with Gasteiger partial charge in [0.25, 0.3) is 0 Å². The molecule has 2 aromatic rings. The first kappa shape index (κ1) is 13.6. The average molecular weight is 295 g/mol. The van der Waals surface area contributed by atoms with Crippen molar-refractivity contribution < 1.29 is 9.47 Å². The van der Waals surface area contributed by atoms with Gasteiger partial charge in [0.15, 0.2) is 11.5 Å². The van der Waals surface area contributed by atoms with Crippen LogP contribution in [0.1, 0.15) is 29.9 Å². The summed E-state index contributed by atoms with van der Waals surface area (Å²) >= 11 is 0. The van der Waals surface area contributed by atoms with E-state index >= 15 is 0 Å². The SMILES string of the molecule is c1ccc([C@@H]2C[C@H]2NCc2ccc3c(c2)OCCCO3)cc1. The molecule has 0 amide bonds. The molecule has 0 spiro atoms. The second-order valence-corrected chi connectivity index (χ2v) is 6.07. The molecular weight excluding hydrogens is 274 g/mol. The highest BCUT2D eigenvalue weighted by atomic mass is 16.5. The molecule has 0 saturated heterocycles. The van der Waals surface area contributed by atoms with E-state index in [0.29, 0.717) is 12.0 Å². The minimum atomic E-state index is 0.596. The van der Waals surface area contributed by atoms with E-state index in [1.54, 1.807) is 0 Å². The van der Waals surface area contributed by atoms with Gasteiger partial charge in [-0.25, -0.2) is 0 Å². The zero-order valence-electron chi connectivity index (χ0n) is 12.6. The topological polar surface area (TPSA) is 30.5 Å². The summed E-state index contributed by atoms with van der Waals surface area (Å²) in [6, 6.07) is 17.6. The molecule has 22 heavy (non-hydrogen) atoms. The zero-order valence-corrected chi connectivity index (χ0v) is 12.6. The Hall–Kier alpha value is -2.00. The lowest BCUT2D eigenvalue weighted by atomic mass is 10.1. The third-order valence-electron chi connectivity index (χ3n) is 4.40. The molecule has 0 radical (unpaired) electrons. The number of ether oxygens (including phenoxy) is 2. The lowest BCUT2D eigenvalue weighted by Crippen LogP contribution is -2.17. The number of fused-ring (bicyclic) bond motifs is 1. The maximum absolute atomic E-state index is 5.75. The van der Waals surface area contributed by atoms with Gasteiger partial charge in [-0.15, -0.1) is 0 Å². The fourth-order valence-electron chi connectivity index (χ4n) is 3.06. The molecule has 0 bridgehead atoms. The summed E-state index contributed by atoms with van der Waals surface area (Å²) in [5.41, 5.74) is 2.70. The Balaban J connectivity index is 1.36. The van der Waals surface area contributed by atoms with Crippen LogP contribution < -0.4 is 14.8 Å². The molecule has 1 aliphatic carbocycles. The molecular formula is C19H21NO2. The molecule has 2 aliphatic rings. The van der Waals surface area contributed by atoms with Crippen LogP contribution in [0.4, 0.5) is 0 Å². The van der Waals surface area contributed by atoms with Gasteiger partial charge in [0.05, 0.1) is 13.2 Å². The van der Waals surface area contributed by atoms with Crippen LogP contribution in [0, 0.1) is 0 Å². The Morgan fingerprint density at radius 3 is 2.64 bits per heavy atom. The minimum absolute atomic E-state index is 0.596. The predicted molar refractivity (Wildman–Crippen MR) is 86.5 cm³/mol. The molecule has 3 nitrogen and oxygen atoms in total. The van der Waals surface area contributed by atoms with Gasteiger partial charge in [-0.1, -0.05) is 36.4 Å². The summed E-state index contributed by atoms with van der Waals surface area (Å²) in [5.74, 6) is 2.42. The lowest BCUT2D eigenvalue weighted by molar-refractivity contribution is 0.297. The molecule has 1 fully saturated rings. The van der Waals surface area contributed by atoms with E-state index < -0.39 is 0 Å². The van der Waals surface area contributed by atoms with E-state index in [2.05, 4.69) is 47.8 Å². The van der Waals surface area contributed by atoms with Gasteiger partial charge >= 0.3 is 0 Å². The normalized spacial score (nSPS) is 22.9. The van der Waals surface area contributed by atoms with Gasteiger partial charge in [0.2, 0.25) is 0 Å². The van der Waals surface area contributed by atoms with Crippen LogP contribution >= 0.6 is 0 Å². The quantitative estimate of drug-likeness (QED) is 0.936. The Bertz CT molecular complexity index is 641. The van der Waals surface area contributed by atoms with E-state index in [-0.39, 0.29) is 0 Å². The van der Waals surface area contributed by atoms with E-state index in [9.17, 15) is 0 Å². The monoisotopic (exact) mass is 295 g/mol. The molecule has 2 aromatic carbocycles. The van der Waals surface area contributed by atoms with Crippen molar-refractivity contribution in [1.29, 1.82) is 0 Å². The molecule has 0 aromatic heterocycles. The van der Waals surface area contributed by atoms with E-state index in [0.717, 1.165) is 37.7 Å². The first-order valence-electron chi connectivity index (χ1n) is 8.07. The highest BCUT2D eigenvalue weighted by Crippen LogP contribution is 2.41. The van der Waals surface area contributed by atoms with Crippen molar-refractivity contribution in [2.45, 2.75) is 31.3 Å². The molecule has 1 saturated carbocycles. The van der Waals surface area contributed by atoms with Crippen molar-refractivity contribution in [3.63, 3.8) is 0 Å². The van der Waals surface area contributed by atoms with Gasteiger partial charge in [-0.05, 0) is 29.7 Å². The second-order valence-electron chi connectivity index (χ2n) is 6.07. The summed E-state index contributed by atoms with van der Waals surface area (Å²) in [4.78, 5) is 0. The second kappa shape index (κ2) is 6.01. The van der Waals surface area contributed by atoms with E-state index in [4.69, 9.17) is 9.47 Å². The maximum atomic E-state index is 5.75. The average Bonchev–Trinajstić information content (AvgIpc) is 3.37. The third kappa shape index (κ3) is 2.95. The highest BCUT2D eigenvalue weighted by molar-refractivity contribution is 5.43. The third-order valence-corrected chi connectivity index (χ3v) is 4.40. The van der Waals surface area contributed by atoms with E-state index in [1.165, 1.54) is 17.5 Å². The van der Waals surface area contributed by atoms with Crippen LogP contribution in [0.2, 0.25) is 0 Å². The van der Waals surface area contributed by atoms with Crippen molar-refractivity contribution in [2.24, 2.45) is 0 Å². The smallest absolute Gasteiger partial charge is 0.161 e. The minimum Gasteiger partial charge on any atom is -0.490 e. The standard InChI is InChI=1S/C19H21NO2/c1-2-5-15(6-3-1)16-12-17(16)20-13-14-7-8-18-19(11-14)22-10-4-9-21-18/h1-3,5-8,11,16-17,20H,4,9-10,12-13H2/t16-,17+/m0/s1. The molecule has 114 valence electrons. The van der Waals surface area contributed by atoms with Gasteiger partial charge in [-0.3, -0.25) is 0 Å². The molecule has 0 unspecified atom stereocenters. The first-order chi connectivity index (χ1) is 10.9. The largest absolute Gasteiger partial charge is 0.490 e. The Labute approximate surface area is 131 Å². The van der Waals surface area contributed by atoms with Crippen molar-refractivity contribution in [3.05, 3.63) is 59.7 Å². The van der Waals surface area contributed by atoms with Crippen LogP contribution in [-0.2, 0) is 6.54 Å². The number of rotatable bonds is 4. The maximum Gasteiger partial charge on any atom is 0.161 e. The number of nitrogens with one attached hydrogen (secondary N) is 1. The summed E-state index contributed by atoms with van der Waals surface area (Å²) in [5, 5.41) is 3.65. The fourth-order valence-corrected chi connectivity index (χ4v) is 3.06. The van der Waals surface area contributed by atoms with Gasteiger partial charge in [0.1, 0.15) is 0 Å². The first-order valence-corrected chi connectivity index (χ1v) is 8.07. The number of hydrogen-bond acceptors (Lipinski definition) is 3. The zero-order chi connectivity index (χ0) is 14.8. The summed E-state index contributed by atoms with van der Waals surface area (Å²) in [6.07, 6.45) is 2.18. The molecule has 1 N–H and O–H groups in total. The van der Waals surface area contributed by atoms with Gasteiger partial charge in [0, 0.05) is 24.9 Å². The molecule has 1 heterocycles. The van der Waals surface area contributed by atoms with Gasteiger partial charge in [-0.2, -0.15) is 0 Å². The summed E-state index contributed by atoms with van der Waals surface area (Å²) < 4.78 is 11.4. The van der Waals surface area contributed by atoms with Crippen molar-refractivity contribution in [1.82, 2.24) is 5.32 Å². The Morgan fingerprint density at radius 2 is 1.77 bits per heavy atom. The molecule has 2 atom stereocenters. The highest BCUT2D eigenvalue weighted by Gasteiger charge is 2.37. The Morgan fingerprint density at radius 1 is 0.955 bits per heavy atom. The summed E-state index contributed by atoms with van der Waals surface area (Å²) in [7, 11) is 0. The van der Waals surface area contributed by atoms with Crippen molar-refractivity contribution in [2.75, 3.05) is 13.2 Å². The van der Waals surface area contributed by atoms with Crippen LogP contribution in [0.3, 0.4) is 0 Å². The molecule has 1 aliphatic heterocycles. The van der Waals surface area contributed by atoms with Gasteiger partial charge < -0.3 is 14.8 Å². The molecule has 3 heteroatoms.